The standard InChI is InChI=1S/C14H14BrClS/c1-9-6-13(10(2)17-9)14(15)8-11-4-3-5-12(16)7-11/h3-7,14H,8H2,1-2H3. The van der Waals surface area contributed by atoms with Gasteiger partial charge < -0.3 is 0 Å². The average Bonchev–Trinajstić information content (AvgIpc) is 2.58. The van der Waals surface area contributed by atoms with Crippen LogP contribution in [0.5, 0.6) is 0 Å². The Morgan fingerprint density at radius 2 is 2.06 bits per heavy atom. The fourth-order valence-electron chi connectivity index (χ4n) is 1.94. The molecule has 0 aliphatic heterocycles. The van der Waals surface area contributed by atoms with Crippen molar-refractivity contribution < 1.29 is 0 Å². The van der Waals surface area contributed by atoms with Crippen LogP contribution in [-0.2, 0) is 6.42 Å². The molecule has 0 radical (unpaired) electrons. The Morgan fingerprint density at radius 3 is 2.65 bits per heavy atom. The number of hydrogen-bond acceptors (Lipinski definition) is 1. The average molecular weight is 330 g/mol. The molecule has 1 heterocycles. The number of halogens is 2. The highest BCUT2D eigenvalue weighted by molar-refractivity contribution is 9.09. The van der Waals surface area contributed by atoms with Crippen molar-refractivity contribution in [2.75, 3.05) is 0 Å². The molecule has 2 aromatic rings. The van der Waals surface area contributed by atoms with Crippen molar-refractivity contribution in [3.63, 3.8) is 0 Å². The Hall–Kier alpha value is -0.310. The number of benzene rings is 1. The fraction of sp³-hybridized carbons (Fsp3) is 0.286. The van der Waals surface area contributed by atoms with E-state index in [1.165, 1.54) is 20.9 Å². The summed E-state index contributed by atoms with van der Waals surface area (Å²) in [7, 11) is 0. The molecule has 0 N–H and O–H groups in total. The summed E-state index contributed by atoms with van der Waals surface area (Å²) in [4.78, 5) is 3.13. The third-order valence-electron chi connectivity index (χ3n) is 2.72. The maximum absolute atomic E-state index is 6.00. The summed E-state index contributed by atoms with van der Waals surface area (Å²) in [5.74, 6) is 0. The molecule has 1 aromatic heterocycles. The summed E-state index contributed by atoms with van der Waals surface area (Å²) in [5, 5.41) is 0.806. The van der Waals surface area contributed by atoms with Gasteiger partial charge in [0.05, 0.1) is 0 Å². The van der Waals surface area contributed by atoms with E-state index in [1.807, 2.05) is 29.5 Å². The van der Waals surface area contributed by atoms with E-state index in [-0.39, 0.29) is 0 Å². The van der Waals surface area contributed by atoms with Gasteiger partial charge in [-0.2, -0.15) is 0 Å². The lowest BCUT2D eigenvalue weighted by Gasteiger charge is -2.10. The van der Waals surface area contributed by atoms with Crippen LogP contribution >= 0.6 is 38.9 Å². The van der Waals surface area contributed by atoms with E-state index in [9.17, 15) is 0 Å². The molecule has 0 aliphatic rings. The first kappa shape index (κ1) is 13.1. The van der Waals surface area contributed by atoms with Gasteiger partial charge in [-0.05, 0) is 49.6 Å². The molecule has 1 atom stereocenters. The molecule has 0 bridgehead atoms. The lowest BCUT2D eigenvalue weighted by molar-refractivity contribution is 0.946. The van der Waals surface area contributed by atoms with Crippen molar-refractivity contribution in [3.8, 4) is 0 Å². The third-order valence-corrected chi connectivity index (χ3v) is 4.75. The number of rotatable bonds is 3. The molecule has 0 saturated carbocycles. The van der Waals surface area contributed by atoms with Crippen LogP contribution < -0.4 is 0 Å². The predicted octanol–water partition coefficient (Wildman–Crippen LogP) is 5.70. The summed E-state index contributed by atoms with van der Waals surface area (Å²) in [5.41, 5.74) is 2.66. The van der Waals surface area contributed by atoms with Gasteiger partial charge in [0.25, 0.3) is 0 Å². The van der Waals surface area contributed by atoms with E-state index < -0.39 is 0 Å². The quantitative estimate of drug-likeness (QED) is 0.634. The van der Waals surface area contributed by atoms with Crippen LogP contribution in [0.4, 0.5) is 0 Å². The zero-order valence-electron chi connectivity index (χ0n) is 9.84. The van der Waals surface area contributed by atoms with Crippen LogP contribution in [0.3, 0.4) is 0 Å². The van der Waals surface area contributed by atoms with E-state index in [4.69, 9.17) is 11.6 Å². The second-order valence-electron chi connectivity index (χ2n) is 4.17. The minimum Gasteiger partial charge on any atom is -0.146 e. The van der Waals surface area contributed by atoms with Gasteiger partial charge in [-0.15, -0.1) is 11.3 Å². The minimum atomic E-state index is 0.367. The summed E-state index contributed by atoms with van der Waals surface area (Å²) in [6.45, 7) is 4.33. The summed E-state index contributed by atoms with van der Waals surface area (Å²) in [6.07, 6.45) is 0.970. The number of thiophene rings is 1. The van der Waals surface area contributed by atoms with Crippen LogP contribution in [0.25, 0.3) is 0 Å². The number of alkyl halides is 1. The smallest absolute Gasteiger partial charge is 0.0446 e. The van der Waals surface area contributed by atoms with Gasteiger partial charge in [0.15, 0.2) is 0 Å². The molecule has 0 fully saturated rings. The van der Waals surface area contributed by atoms with E-state index in [0.29, 0.717) is 4.83 Å². The topological polar surface area (TPSA) is 0 Å². The third kappa shape index (κ3) is 3.34. The van der Waals surface area contributed by atoms with Crippen LogP contribution in [0.1, 0.15) is 25.7 Å². The highest BCUT2D eigenvalue weighted by Crippen LogP contribution is 2.34. The molecule has 0 aliphatic carbocycles. The monoisotopic (exact) mass is 328 g/mol. The van der Waals surface area contributed by atoms with Gasteiger partial charge in [-0.1, -0.05) is 39.7 Å². The maximum atomic E-state index is 6.00. The van der Waals surface area contributed by atoms with E-state index in [1.54, 1.807) is 0 Å². The maximum Gasteiger partial charge on any atom is 0.0446 e. The van der Waals surface area contributed by atoms with Crippen molar-refractivity contribution in [2.24, 2.45) is 0 Å². The van der Waals surface area contributed by atoms with Gasteiger partial charge >= 0.3 is 0 Å². The first-order valence-electron chi connectivity index (χ1n) is 5.51. The fourth-order valence-corrected chi connectivity index (χ4v) is 4.14. The van der Waals surface area contributed by atoms with Gasteiger partial charge in [0, 0.05) is 19.6 Å². The molecule has 2 rings (SSSR count). The highest BCUT2D eigenvalue weighted by atomic mass is 79.9. The molecular weight excluding hydrogens is 316 g/mol. The van der Waals surface area contributed by atoms with E-state index in [2.05, 4.69) is 41.9 Å². The first-order chi connectivity index (χ1) is 8.06. The molecular formula is C14H14BrClS. The Kier molecular flexibility index (Phi) is 4.29. The highest BCUT2D eigenvalue weighted by Gasteiger charge is 2.13. The predicted molar refractivity (Wildman–Crippen MR) is 80.6 cm³/mol. The zero-order chi connectivity index (χ0) is 12.4. The Bertz CT molecular complexity index is 519. The zero-order valence-corrected chi connectivity index (χ0v) is 13.0. The SMILES string of the molecule is Cc1cc(C(Br)Cc2cccc(Cl)c2)c(C)s1. The van der Waals surface area contributed by atoms with Crippen molar-refractivity contribution in [2.45, 2.75) is 25.1 Å². The molecule has 90 valence electrons. The second kappa shape index (κ2) is 5.55. The molecule has 1 aromatic carbocycles. The molecule has 1 unspecified atom stereocenters. The van der Waals surface area contributed by atoms with Crippen LogP contribution in [0, 0.1) is 13.8 Å². The largest absolute Gasteiger partial charge is 0.146 e. The van der Waals surface area contributed by atoms with E-state index in [0.717, 1.165) is 11.4 Å². The number of aryl methyl sites for hydroxylation is 2. The van der Waals surface area contributed by atoms with Gasteiger partial charge in [0.2, 0.25) is 0 Å². The molecule has 0 spiro atoms. The van der Waals surface area contributed by atoms with Crippen LogP contribution in [-0.4, -0.2) is 0 Å². The summed E-state index contributed by atoms with van der Waals surface area (Å²) in [6, 6.07) is 10.3. The van der Waals surface area contributed by atoms with Crippen LogP contribution in [0.15, 0.2) is 30.3 Å². The summed E-state index contributed by atoms with van der Waals surface area (Å²) >= 11 is 11.6. The Labute approximate surface area is 120 Å². The van der Waals surface area contributed by atoms with Crippen LogP contribution in [0.2, 0.25) is 5.02 Å². The molecule has 3 heteroatoms. The van der Waals surface area contributed by atoms with Crippen molar-refractivity contribution in [1.82, 2.24) is 0 Å². The lowest BCUT2D eigenvalue weighted by Crippen LogP contribution is -1.95. The number of hydrogen-bond donors (Lipinski definition) is 0. The van der Waals surface area contributed by atoms with Crippen molar-refractivity contribution in [1.29, 1.82) is 0 Å². The molecule has 0 nitrogen and oxygen atoms in total. The van der Waals surface area contributed by atoms with Gasteiger partial charge in [0.1, 0.15) is 0 Å². The lowest BCUT2D eigenvalue weighted by atomic mass is 10.0. The van der Waals surface area contributed by atoms with Gasteiger partial charge in [-0.25, -0.2) is 0 Å². The first-order valence-corrected chi connectivity index (χ1v) is 7.62. The normalized spacial score (nSPS) is 12.7. The second-order valence-corrected chi connectivity index (χ2v) is 7.17. The molecule has 17 heavy (non-hydrogen) atoms. The molecule has 0 amide bonds. The Morgan fingerprint density at radius 1 is 1.29 bits per heavy atom. The summed E-state index contributed by atoms with van der Waals surface area (Å²) < 4.78 is 0. The van der Waals surface area contributed by atoms with Crippen molar-refractivity contribution in [3.05, 3.63) is 56.2 Å². The van der Waals surface area contributed by atoms with E-state index >= 15 is 0 Å². The van der Waals surface area contributed by atoms with Gasteiger partial charge in [-0.3, -0.25) is 0 Å². The van der Waals surface area contributed by atoms with Crippen molar-refractivity contribution >= 4 is 38.9 Å². The molecule has 0 saturated heterocycles. The minimum absolute atomic E-state index is 0.367. The Balaban J connectivity index is 2.16.